The molecule has 1 fully saturated rings. The second-order valence-corrected chi connectivity index (χ2v) is 11.3. The van der Waals surface area contributed by atoms with Crippen LogP contribution in [-0.2, 0) is 9.84 Å². The molecule has 0 aromatic heterocycles. The van der Waals surface area contributed by atoms with Crippen LogP contribution in [0.4, 0.5) is 0 Å². The van der Waals surface area contributed by atoms with E-state index in [2.05, 4.69) is 29.4 Å². The summed E-state index contributed by atoms with van der Waals surface area (Å²) in [6, 6.07) is 0. The second kappa shape index (κ2) is 9.21. The lowest BCUT2D eigenvalue weighted by Crippen LogP contribution is -2.50. The number of piperidine rings is 1. The Morgan fingerprint density at radius 3 is 2.16 bits per heavy atom. The fraction of sp³-hybridized carbons (Fsp3) is 0.944. The van der Waals surface area contributed by atoms with E-state index < -0.39 is 14.6 Å². The zero-order valence-electron chi connectivity index (χ0n) is 17.0. The molecule has 25 heavy (non-hydrogen) atoms. The van der Waals surface area contributed by atoms with Gasteiger partial charge in [0.05, 0.1) is 17.0 Å². The van der Waals surface area contributed by atoms with Crippen LogP contribution in [0.5, 0.6) is 0 Å². The lowest BCUT2D eigenvalue weighted by atomic mass is 9.99. The van der Waals surface area contributed by atoms with Crippen LogP contribution >= 0.6 is 0 Å². The monoisotopic (exact) mass is 374 g/mol. The topological polar surface area (TPSA) is 73.8 Å². The lowest BCUT2D eigenvalue weighted by molar-refractivity contribution is 0.102. The molecule has 0 spiro atoms. The highest BCUT2D eigenvalue weighted by molar-refractivity contribution is 7.92. The zero-order valence-corrected chi connectivity index (χ0v) is 17.8. The summed E-state index contributed by atoms with van der Waals surface area (Å²) in [6.45, 7) is 15.8. The number of hydrogen-bond donors (Lipinski definition) is 2. The van der Waals surface area contributed by atoms with Gasteiger partial charge in [-0.2, -0.15) is 0 Å². The van der Waals surface area contributed by atoms with Crippen LogP contribution in [0.2, 0.25) is 0 Å². The summed E-state index contributed by atoms with van der Waals surface area (Å²) in [5, 5.41) is 6.37. The number of guanidine groups is 1. The van der Waals surface area contributed by atoms with Gasteiger partial charge in [0.1, 0.15) is 0 Å². The third-order valence-corrected chi connectivity index (χ3v) is 7.38. The highest BCUT2D eigenvalue weighted by atomic mass is 32.2. The number of rotatable bonds is 7. The Kier molecular flexibility index (Phi) is 8.19. The van der Waals surface area contributed by atoms with Crippen LogP contribution < -0.4 is 10.6 Å². The molecule has 148 valence electrons. The maximum atomic E-state index is 12.2. The van der Waals surface area contributed by atoms with E-state index in [0.29, 0.717) is 19.0 Å². The largest absolute Gasteiger partial charge is 0.357 e. The van der Waals surface area contributed by atoms with Crippen molar-refractivity contribution in [2.75, 3.05) is 38.5 Å². The summed E-state index contributed by atoms with van der Waals surface area (Å²) < 4.78 is 23.7. The molecule has 0 bridgehead atoms. The van der Waals surface area contributed by atoms with Gasteiger partial charge in [0, 0.05) is 18.6 Å². The van der Waals surface area contributed by atoms with Crippen molar-refractivity contribution in [2.24, 2.45) is 4.99 Å². The Labute approximate surface area is 154 Å². The minimum absolute atomic E-state index is 0.0141. The van der Waals surface area contributed by atoms with Crippen molar-refractivity contribution in [1.29, 1.82) is 0 Å². The number of nitrogens with one attached hydrogen (secondary N) is 2. The van der Waals surface area contributed by atoms with Crippen LogP contribution in [0.1, 0.15) is 60.8 Å². The van der Waals surface area contributed by atoms with E-state index >= 15 is 0 Å². The average molecular weight is 375 g/mol. The van der Waals surface area contributed by atoms with Crippen molar-refractivity contribution in [2.45, 2.75) is 71.1 Å². The van der Waals surface area contributed by atoms with Gasteiger partial charge in [-0.25, -0.2) is 8.42 Å². The van der Waals surface area contributed by atoms with E-state index in [1.165, 1.54) is 19.3 Å². The first-order valence-corrected chi connectivity index (χ1v) is 11.1. The molecule has 2 N–H and O–H groups in total. The number of sulfone groups is 1. The van der Waals surface area contributed by atoms with Crippen molar-refractivity contribution in [1.82, 2.24) is 15.5 Å². The van der Waals surface area contributed by atoms with Gasteiger partial charge >= 0.3 is 0 Å². The molecule has 1 aliphatic heterocycles. The van der Waals surface area contributed by atoms with Crippen molar-refractivity contribution in [3.05, 3.63) is 0 Å². The Hall–Kier alpha value is -0.820. The number of aliphatic imine (C=N–C) groups is 1. The second-order valence-electron chi connectivity index (χ2n) is 8.41. The average Bonchev–Trinajstić information content (AvgIpc) is 2.52. The van der Waals surface area contributed by atoms with Gasteiger partial charge in [0.2, 0.25) is 0 Å². The van der Waals surface area contributed by atoms with E-state index in [4.69, 9.17) is 4.99 Å². The van der Waals surface area contributed by atoms with Crippen LogP contribution in [0.15, 0.2) is 4.99 Å². The summed E-state index contributed by atoms with van der Waals surface area (Å²) in [7, 11) is -3.12. The van der Waals surface area contributed by atoms with Gasteiger partial charge < -0.3 is 10.6 Å². The minimum Gasteiger partial charge on any atom is -0.357 e. The molecule has 0 amide bonds. The smallest absolute Gasteiger partial charge is 0.191 e. The third-order valence-electron chi connectivity index (χ3n) is 4.78. The molecule has 1 heterocycles. The molecule has 1 saturated heterocycles. The summed E-state index contributed by atoms with van der Waals surface area (Å²) in [6.07, 6.45) is 3.84. The molecule has 6 nitrogen and oxygen atoms in total. The molecule has 1 aliphatic rings. The van der Waals surface area contributed by atoms with E-state index in [1.54, 1.807) is 20.8 Å². The Morgan fingerprint density at radius 2 is 1.64 bits per heavy atom. The molecule has 0 aromatic carbocycles. The first-order chi connectivity index (χ1) is 11.5. The SMILES string of the molecule is CCNC(=NCC(C)(C)N1CCCCC1)NCCS(=O)(=O)C(C)(C)C. The first kappa shape index (κ1) is 22.2. The number of likely N-dealkylation sites (tertiary alicyclic amines) is 1. The van der Waals surface area contributed by atoms with Crippen LogP contribution in [-0.4, -0.2) is 68.0 Å². The quantitative estimate of drug-likeness (QED) is 0.527. The zero-order chi connectivity index (χ0) is 19.1. The summed E-state index contributed by atoms with van der Waals surface area (Å²) in [5.41, 5.74) is 0.0141. The Bertz CT molecular complexity index is 530. The number of hydrogen-bond acceptors (Lipinski definition) is 4. The molecule has 0 aliphatic carbocycles. The maximum Gasteiger partial charge on any atom is 0.191 e. The number of nitrogens with zero attached hydrogens (tertiary/aromatic N) is 2. The minimum atomic E-state index is -3.12. The molecule has 0 radical (unpaired) electrons. The predicted octanol–water partition coefficient (Wildman–Crippen LogP) is 2.02. The van der Waals surface area contributed by atoms with Crippen LogP contribution in [0.3, 0.4) is 0 Å². The van der Waals surface area contributed by atoms with Crippen molar-refractivity contribution in [3.8, 4) is 0 Å². The predicted molar refractivity (Wildman–Crippen MR) is 107 cm³/mol. The van der Waals surface area contributed by atoms with Crippen molar-refractivity contribution < 1.29 is 8.42 Å². The molecule has 1 rings (SSSR count). The Balaban J connectivity index is 2.61. The molecule has 0 atom stereocenters. The standard InChI is InChI=1S/C18H38N4O2S/c1-7-19-16(20-11-14-25(23,24)17(2,3)4)21-15-18(5,6)22-12-9-8-10-13-22/h7-15H2,1-6H3,(H2,19,20,21). The van der Waals surface area contributed by atoms with Gasteiger partial charge in [0.25, 0.3) is 0 Å². The van der Waals surface area contributed by atoms with Gasteiger partial charge in [-0.3, -0.25) is 9.89 Å². The van der Waals surface area contributed by atoms with Crippen LogP contribution in [0.25, 0.3) is 0 Å². The molecule has 7 heteroatoms. The molecule has 0 saturated carbocycles. The lowest BCUT2D eigenvalue weighted by Gasteiger charge is -2.40. The van der Waals surface area contributed by atoms with E-state index in [-0.39, 0.29) is 11.3 Å². The van der Waals surface area contributed by atoms with Crippen molar-refractivity contribution in [3.63, 3.8) is 0 Å². The Morgan fingerprint density at radius 1 is 1.04 bits per heavy atom. The summed E-state index contributed by atoms with van der Waals surface area (Å²) in [5.74, 6) is 0.799. The fourth-order valence-corrected chi connectivity index (χ4v) is 3.81. The van der Waals surface area contributed by atoms with Gasteiger partial charge in [-0.1, -0.05) is 6.42 Å². The van der Waals surface area contributed by atoms with Crippen LogP contribution in [0, 0.1) is 0 Å². The third kappa shape index (κ3) is 7.13. The van der Waals surface area contributed by atoms with Gasteiger partial charge in [0.15, 0.2) is 15.8 Å². The molecule has 0 unspecified atom stereocenters. The van der Waals surface area contributed by atoms with Crippen molar-refractivity contribution >= 4 is 15.8 Å². The van der Waals surface area contributed by atoms with E-state index in [0.717, 1.165) is 19.6 Å². The first-order valence-electron chi connectivity index (χ1n) is 9.49. The molecule has 0 aromatic rings. The molecular weight excluding hydrogens is 336 g/mol. The summed E-state index contributed by atoms with van der Waals surface area (Å²) >= 11 is 0. The fourth-order valence-electron chi connectivity index (χ4n) is 2.82. The van der Waals surface area contributed by atoms with E-state index in [1.807, 2.05) is 6.92 Å². The highest BCUT2D eigenvalue weighted by Gasteiger charge is 2.29. The van der Waals surface area contributed by atoms with Gasteiger partial charge in [-0.05, 0) is 67.5 Å². The van der Waals surface area contributed by atoms with E-state index in [9.17, 15) is 8.42 Å². The highest BCUT2D eigenvalue weighted by Crippen LogP contribution is 2.20. The maximum absolute atomic E-state index is 12.2. The molecular formula is C18H38N4O2S. The van der Waals surface area contributed by atoms with Gasteiger partial charge in [-0.15, -0.1) is 0 Å². The normalized spacial score (nSPS) is 18.2. The summed E-state index contributed by atoms with van der Waals surface area (Å²) in [4.78, 5) is 7.21.